The third-order valence-corrected chi connectivity index (χ3v) is 6.36. The Morgan fingerprint density at radius 1 is 1.31 bits per heavy atom. The number of hydrogen-bond acceptors (Lipinski definition) is 4. The van der Waals surface area contributed by atoms with Gasteiger partial charge < -0.3 is 10.2 Å². The summed E-state index contributed by atoms with van der Waals surface area (Å²) in [5.74, 6) is -0.713. The number of nitrogens with one attached hydrogen (secondary N) is 1. The molecule has 5 nitrogen and oxygen atoms in total. The fraction of sp³-hybridized carbons (Fsp3) is 0.316. The minimum Gasteiger partial charge on any atom is -0.316 e. The number of benzene rings is 1. The zero-order valence-corrected chi connectivity index (χ0v) is 15.5. The van der Waals surface area contributed by atoms with E-state index in [4.69, 9.17) is 11.6 Å². The summed E-state index contributed by atoms with van der Waals surface area (Å²) in [5.41, 5.74) is 2.41. The molecule has 7 heteroatoms. The number of carbonyl (C=O) groups is 2. The Morgan fingerprint density at radius 2 is 2.08 bits per heavy atom. The van der Waals surface area contributed by atoms with Gasteiger partial charge in [0, 0.05) is 28.6 Å². The molecule has 1 N–H and O–H groups in total. The van der Waals surface area contributed by atoms with Crippen LogP contribution in [0.3, 0.4) is 0 Å². The van der Waals surface area contributed by atoms with Crippen molar-refractivity contribution in [2.75, 3.05) is 16.8 Å². The quantitative estimate of drug-likeness (QED) is 0.874. The summed E-state index contributed by atoms with van der Waals surface area (Å²) in [4.78, 5) is 27.8. The number of thiophene rings is 1. The molecule has 1 atom stereocenters. The lowest BCUT2D eigenvalue weighted by molar-refractivity contribution is -0.122. The molecule has 26 heavy (non-hydrogen) atoms. The molecular formula is C19H16ClN3O2S. The second kappa shape index (κ2) is 6.75. The van der Waals surface area contributed by atoms with E-state index < -0.39 is 5.92 Å². The molecule has 2 heterocycles. The van der Waals surface area contributed by atoms with Crippen molar-refractivity contribution in [3.63, 3.8) is 0 Å². The van der Waals surface area contributed by atoms with Crippen LogP contribution >= 0.6 is 22.9 Å². The molecule has 1 aromatic heterocycles. The molecule has 1 aromatic carbocycles. The zero-order chi connectivity index (χ0) is 18.3. The van der Waals surface area contributed by atoms with Crippen LogP contribution in [-0.2, 0) is 22.4 Å². The molecule has 0 bridgehead atoms. The number of anilines is 2. The van der Waals surface area contributed by atoms with Crippen molar-refractivity contribution in [2.24, 2.45) is 5.92 Å². The molecule has 1 aliphatic carbocycles. The van der Waals surface area contributed by atoms with Crippen molar-refractivity contribution in [1.82, 2.24) is 0 Å². The van der Waals surface area contributed by atoms with Gasteiger partial charge in [0.25, 0.3) is 0 Å². The maximum absolute atomic E-state index is 12.7. The molecule has 132 valence electrons. The van der Waals surface area contributed by atoms with Crippen LogP contribution in [0.25, 0.3) is 0 Å². The summed E-state index contributed by atoms with van der Waals surface area (Å²) >= 11 is 7.38. The molecule has 1 aliphatic heterocycles. The number of hydrogen-bond donors (Lipinski definition) is 1. The SMILES string of the molecule is N#Cc1c(NC(=O)C2CC(=O)N(c3ccc(Cl)cc3)C2)sc2c1CCC2. The van der Waals surface area contributed by atoms with Crippen LogP contribution < -0.4 is 10.2 Å². The van der Waals surface area contributed by atoms with Gasteiger partial charge in [0.2, 0.25) is 11.8 Å². The summed E-state index contributed by atoms with van der Waals surface area (Å²) in [7, 11) is 0. The second-order valence-corrected chi connectivity index (χ2v) is 8.09. The Hall–Kier alpha value is -2.36. The maximum Gasteiger partial charge on any atom is 0.230 e. The Kier molecular flexibility index (Phi) is 4.43. The van der Waals surface area contributed by atoms with Gasteiger partial charge in [-0.3, -0.25) is 9.59 Å². The van der Waals surface area contributed by atoms with Crippen LogP contribution in [-0.4, -0.2) is 18.4 Å². The average molecular weight is 386 g/mol. The van der Waals surface area contributed by atoms with Crippen molar-refractivity contribution in [2.45, 2.75) is 25.7 Å². The third-order valence-electron chi connectivity index (χ3n) is 4.90. The molecule has 2 aliphatic rings. The monoisotopic (exact) mass is 385 g/mol. The largest absolute Gasteiger partial charge is 0.316 e. The van der Waals surface area contributed by atoms with Crippen molar-refractivity contribution < 1.29 is 9.59 Å². The van der Waals surface area contributed by atoms with Crippen LogP contribution in [0.4, 0.5) is 10.7 Å². The van der Waals surface area contributed by atoms with E-state index in [0.29, 0.717) is 22.1 Å². The number of nitrogens with zero attached hydrogens (tertiary/aromatic N) is 2. The lowest BCUT2D eigenvalue weighted by Crippen LogP contribution is -2.28. The van der Waals surface area contributed by atoms with E-state index in [2.05, 4.69) is 11.4 Å². The molecule has 0 radical (unpaired) electrons. The molecule has 0 spiro atoms. The number of amides is 2. The molecule has 1 unspecified atom stereocenters. The van der Waals surface area contributed by atoms with E-state index in [1.807, 2.05) is 0 Å². The van der Waals surface area contributed by atoms with E-state index in [-0.39, 0.29) is 18.2 Å². The number of rotatable bonds is 3. The first-order valence-corrected chi connectivity index (χ1v) is 9.67. The smallest absolute Gasteiger partial charge is 0.230 e. The first-order chi connectivity index (χ1) is 12.6. The molecular weight excluding hydrogens is 370 g/mol. The third kappa shape index (κ3) is 2.98. The molecule has 2 aromatic rings. The van der Waals surface area contributed by atoms with Gasteiger partial charge in [0.15, 0.2) is 0 Å². The highest BCUT2D eigenvalue weighted by molar-refractivity contribution is 7.16. The number of aryl methyl sites for hydroxylation is 1. The van der Waals surface area contributed by atoms with Gasteiger partial charge in [-0.1, -0.05) is 11.6 Å². The van der Waals surface area contributed by atoms with Gasteiger partial charge in [-0.25, -0.2) is 0 Å². The standard InChI is InChI=1S/C19H16ClN3O2S/c20-12-4-6-13(7-5-12)23-10-11(8-17(23)24)18(25)22-19-15(9-21)14-2-1-3-16(14)26-19/h4-7,11H,1-3,8,10H2,(H,22,25). The first kappa shape index (κ1) is 17.1. The minimum absolute atomic E-state index is 0.0818. The minimum atomic E-state index is -0.429. The van der Waals surface area contributed by atoms with Crippen molar-refractivity contribution in [3.05, 3.63) is 45.3 Å². The van der Waals surface area contributed by atoms with E-state index in [9.17, 15) is 14.9 Å². The number of carbonyl (C=O) groups excluding carboxylic acids is 2. The highest BCUT2D eigenvalue weighted by Crippen LogP contribution is 2.39. The molecule has 4 rings (SSSR count). The normalized spacial score (nSPS) is 18.7. The van der Waals surface area contributed by atoms with Crippen molar-refractivity contribution >= 4 is 45.4 Å². The molecule has 1 fully saturated rings. The average Bonchev–Trinajstić information content (AvgIpc) is 3.30. The van der Waals surface area contributed by atoms with E-state index >= 15 is 0 Å². The number of fused-ring (bicyclic) bond motifs is 1. The highest BCUT2D eigenvalue weighted by atomic mass is 35.5. The predicted octanol–water partition coefficient (Wildman–Crippen LogP) is 3.75. The van der Waals surface area contributed by atoms with Crippen LogP contribution in [0.2, 0.25) is 5.02 Å². The van der Waals surface area contributed by atoms with Crippen LogP contribution in [0.15, 0.2) is 24.3 Å². The Bertz CT molecular complexity index is 929. The summed E-state index contributed by atoms with van der Waals surface area (Å²) in [5, 5.41) is 13.6. The van der Waals surface area contributed by atoms with E-state index in [0.717, 1.165) is 30.5 Å². The van der Waals surface area contributed by atoms with Gasteiger partial charge in [-0.2, -0.15) is 5.26 Å². The lowest BCUT2D eigenvalue weighted by atomic mass is 10.1. The van der Waals surface area contributed by atoms with Crippen LogP contribution in [0.5, 0.6) is 0 Å². The maximum atomic E-state index is 12.7. The fourth-order valence-corrected chi connectivity index (χ4v) is 4.95. The summed E-state index contributed by atoms with van der Waals surface area (Å²) in [6.45, 7) is 0.333. The second-order valence-electron chi connectivity index (χ2n) is 6.54. The van der Waals surface area contributed by atoms with Crippen molar-refractivity contribution in [1.29, 1.82) is 5.26 Å². The van der Waals surface area contributed by atoms with E-state index in [1.165, 1.54) is 16.2 Å². The van der Waals surface area contributed by atoms with Crippen LogP contribution in [0, 0.1) is 17.2 Å². The van der Waals surface area contributed by atoms with Gasteiger partial charge in [0.05, 0.1) is 11.5 Å². The van der Waals surface area contributed by atoms with Gasteiger partial charge >= 0.3 is 0 Å². The predicted molar refractivity (Wildman–Crippen MR) is 102 cm³/mol. The van der Waals surface area contributed by atoms with Gasteiger partial charge in [0.1, 0.15) is 11.1 Å². The first-order valence-electron chi connectivity index (χ1n) is 8.48. The fourth-order valence-electron chi connectivity index (χ4n) is 3.58. The number of halogens is 1. The van der Waals surface area contributed by atoms with Crippen LogP contribution in [0.1, 0.15) is 28.8 Å². The molecule has 0 saturated carbocycles. The highest BCUT2D eigenvalue weighted by Gasteiger charge is 2.36. The summed E-state index contributed by atoms with van der Waals surface area (Å²) in [6, 6.07) is 9.23. The number of nitriles is 1. The zero-order valence-electron chi connectivity index (χ0n) is 13.9. The molecule has 1 saturated heterocycles. The van der Waals surface area contributed by atoms with Crippen molar-refractivity contribution in [3.8, 4) is 6.07 Å². The summed E-state index contributed by atoms with van der Waals surface area (Å²) < 4.78 is 0. The Morgan fingerprint density at radius 3 is 2.81 bits per heavy atom. The van der Waals surface area contributed by atoms with Gasteiger partial charge in [-0.15, -0.1) is 11.3 Å². The Balaban J connectivity index is 1.49. The topological polar surface area (TPSA) is 73.2 Å². The van der Waals surface area contributed by atoms with Gasteiger partial charge in [-0.05, 0) is 49.1 Å². The van der Waals surface area contributed by atoms with E-state index in [1.54, 1.807) is 29.2 Å². The molecule has 2 amide bonds. The lowest BCUT2D eigenvalue weighted by Gasteiger charge is -2.16. The Labute approximate surface area is 160 Å². The summed E-state index contributed by atoms with van der Waals surface area (Å²) in [6.07, 6.45) is 3.10.